The Morgan fingerprint density at radius 2 is 1.67 bits per heavy atom. The lowest BCUT2D eigenvalue weighted by atomic mass is 9.86. The fraction of sp³-hybridized carbons (Fsp3) is 0.261. The maximum atomic E-state index is 13.0. The maximum Gasteiger partial charge on any atom is 0.321 e. The average Bonchev–Trinajstić information content (AvgIpc) is 3.25. The molecule has 2 heterocycles. The van der Waals surface area contributed by atoms with Gasteiger partial charge in [-0.1, -0.05) is 42.5 Å². The summed E-state index contributed by atoms with van der Waals surface area (Å²) in [7, 11) is 0. The molecule has 2 aromatic carbocycles. The number of carbonyl (C=O) groups is 3. The number of aliphatic carboxylic acids is 1. The molecule has 0 bridgehead atoms. The van der Waals surface area contributed by atoms with Gasteiger partial charge in [0.15, 0.2) is 0 Å². The fourth-order valence-corrected chi connectivity index (χ4v) is 4.16. The van der Waals surface area contributed by atoms with Gasteiger partial charge < -0.3 is 9.84 Å². The van der Waals surface area contributed by atoms with Crippen molar-refractivity contribution in [3.8, 4) is 11.5 Å². The van der Waals surface area contributed by atoms with Gasteiger partial charge in [-0.25, -0.2) is 0 Å². The predicted octanol–water partition coefficient (Wildman–Crippen LogP) is 2.75. The molecule has 2 saturated heterocycles. The van der Waals surface area contributed by atoms with Crippen LogP contribution >= 0.6 is 0 Å². The molecule has 2 fully saturated rings. The molecule has 2 N–H and O–H groups in total. The van der Waals surface area contributed by atoms with Crippen molar-refractivity contribution in [2.75, 3.05) is 6.54 Å². The van der Waals surface area contributed by atoms with E-state index in [9.17, 15) is 19.5 Å². The Bertz CT molecular complexity index is 986. The van der Waals surface area contributed by atoms with E-state index in [1.54, 1.807) is 43.3 Å². The molecule has 2 aliphatic rings. The third-order valence-corrected chi connectivity index (χ3v) is 5.57. The summed E-state index contributed by atoms with van der Waals surface area (Å²) in [6.45, 7) is 1.96. The third-order valence-electron chi connectivity index (χ3n) is 5.57. The predicted molar refractivity (Wildman–Crippen MR) is 109 cm³/mol. The quantitative estimate of drug-likeness (QED) is 0.566. The second kappa shape index (κ2) is 8.12. The molecule has 0 aliphatic carbocycles. The Morgan fingerprint density at radius 1 is 1.03 bits per heavy atom. The lowest BCUT2D eigenvalue weighted by Gasteiger charge is -2.20. The number of ether oxygens (including phenoxy) is 1. The van der Waals surface area contributed by atoms with Crippen molar-refractivity contribution < 1.29 is 24.2 Å². The number of imide groups is 1. The number of rotatable bonds is 6. The van der Waals surface area contributed by atoms with E-state index in [1.807, 2.05) is 30.3 Å². The number of benzene rings is 2. The fourth-order valence-electron chi connectivity index (χ4n) is 4.16. The molecule has 2 aliphatic heterocycles. The standard InChI is InChI=1S/C23H22N2O5/c1-2-3-13-25-21(26)17-18(22(25)27)20(23(28)29)24-19(17)14-9-11-16(12-10-14)30-15-7-5-4-6-8-15/h2-12,17-20,24H,13H2,1H3,(H,28,29)/b3-2+. The van der Waals surface area contributed by atoms with E-state index in [1.165, 1.54) is 0 Å². The van der Waals surface area contributed by atoms with Crippen molar-refractivity contribution in [2.45, 2.75) is 19.0 Å². The summed E-state index contributed by atoms with van der Waals surface area (Å²) < 4.78 is 5.79. The Morgan fingerprint density at radius 3 is 2.30 bits per heavy atom. The van der Waals surface area contributed by atoms with E-state index in [0.717, 1.165) is 10.5 Å². The number of carboxylic acids is 1. The van der Waals surface area contributed by atoms with Crippen LogP contribution in [-0.2, 0) is 14.4 Å². The van der Waals surface area contributed by atoms with E-state index in [-0.39, 0.29) is 12.5 Å². The van der Waals surface area contributed by atoms with Gasteiger partial charge in [0.25, 0.3) is 0 Å². The van der Waals surface area contributed by atoms with E-state index < -0.39 is 35.8 Å². The minimum absolute atomic E-state index is 0.157. The number of amides is 2. The Labute approximate surface area is 174 Å². The van der Waals surface area contributed by atoms with Gasteiger partial charge in [0.1, 0.15) is 17.5 Å². The Balaban J connectivity index is 1.60. The third kappa shape index (κ3) is 3.48. The monoisotopic (exact) mass is 406 g/mol. The normalized spacial score (nSPS) is 25.7. The van der Waals surface area contributed by atoms with Crippen LogP contribution in [0.2, 0.25) is 0 Å². The Hall–Kier alpha value is -3.45. The number of hydrogen-bond acceptors (Lipinski definition) is 5. The van der Waals surface area contributed by atoms with Gasteiger partial charge in [-0.15, -0.1) is 0 Å². The summed E-state index contributed by atoms with van der Waals surface area (Å²) >= 11 is 0. The highest BCUT2D eigenvalue weighted by Gasteiger charge is 2.60. The van der Waals surface area contributed by atoms with Crippen LogP contribution in [0.5, 0.6) is 11.5 Å². The molecule has 2 amide bonds. The molecular formula is C23H22N2O5. The first-order valence-corrected chi connectivity index (χ1v) is 9.79. The molecule has 0 saturated carbocycles. The van der Waals surface area contributed by atoms with Gasteiger partial charge >= 0.3 is 5.97 Å². The molecule has 2 aromatic rings. The number of nitrogens with zero attached hydrogens (tertiary/aromatic N) is 1. The minimum Gasteiger partial charge on any atom is -0.480 e. The lowest BCUT2D eigenvalue weighted by Crippen LogP contribution is -2.43. The smallest absolute Gasteiger partial charge is 0.321 e. The van der Waals surface area contributed by atoms with E-state index in [0.29, 0.717) is 11.5 Å². The molecule has 0 aromatic heterocycles. The van der Waals surface area contributed by atoms with Gasteiger partial charge in [-0.3, -0.25) is 24.6 Å². The second-order valence-corrected chi connectivity index (χ2v) is 7.35. The number of carbonyl (C=O) groups excluding carboxylic acids is 2. The number of fused-ring (bicyclic) bond motifs is 1. The zero-order chi connectivity index (χ0) is 21.3. The minimum atomic E-state index is -1.13. The topological polar surface area (TPSA) is 95.9 Å². The van der Waals surface area contributed by atoms with Crippen molar-refractivity contribution in [2.24, 2.45) is 11.8 Å². The van der Waals surface area contributed by atoms with Gasteiger partial charge in [0.05, 0.1) is 11.8 Å². The maximum absolute atomic E-state index is 13.0. The summed E-state index contributed by atoms with van der Waals surface area (Å²) in [5, 5.41) is 12.6. The van der Waals surface area contributed by atoms with Gasteiger partial charge in [-0.2, -0.15) is 0 Å². The molecule has 4 atom stereocenters. The number of nitrogens with one attached hydrogen (secondary N) is 1. The number of likely N-dealkylation sites (tertiary alicyclic amines) is 1. The molecule has 30 heavy (non-hydrogen) atoms. The molecule has 7 nitrogen and oxygen atoms in total. The molecule has 7 heteroatoms. The molecule has 0 spiro atoms. The Kier molecular flexibility index (Phi) is 5.37. The largest absolute Gasteiger partial charge is 0.480 e. The van der Waals surface area contributed by atoms with E-state index >= 15 is 0 Å². The first-order valence-electron chi connectivity index (χ1n) is 9.79. The summed E-state index contributed by atoms with van der Waals surface area (Å²) in [5.74, 6) is -2.24. The first kappa shape index (κ1) is 19.8. The number of hydrogen-bond donors (Lipinski definition) is 2. The van der Waals surface area contributed by atoms with E-state index in [2.05, 4.69) is 5.32 Å². The molecule has 4 rings (SSSR count). The number of carboxylic acid groups (broad SMARTS) is 1. The molecular weight excluding hydrogens is 384 g/mol. The summed E-state index contributed by atoms with van der Waals surface area (Å²) in [6, 6.07) is 14.8. The van der Waals surface area contributed by atoms with Crippen molar-refractivity contribution in [1.82, 2.24) is 10.2 Å². The summed E-state index contributed by atoms with van der Waals surface area (Å²) in [6.07, 6.45) is 3.47. The van der Waals surface area contributed by atoms with Gasteiger partial charge in [-0.05, 0) is 36.8 Å². The molecule has 0 radical (unpaired) electrons. The van der Waals surface area contributed by atoms with Crippen LogP contribution in [0.25, 0.3) is 0 Å². The van der Waals surface area contributed by atoms with Crippen molar-refractivity contribution in [3.05, 3.63) is 72.3 Å². The highest BCUT2D eigenvalue weighted by molar-refractivity contribution is 6.08. The van der Waals surface area contributed by atoms with Crippen LogP contribution in [0.4, 0.5) is 0 Å². The summed E-state index contributed by atoms with van der Waals surface area (Å²) in [4.78, 5) is 38.7. The van der Waals surface area contributed by atoms with Crippen LogP contribution in [-0.4, -0.2) is 40.4 Å². The second-order valence-electron chi connectivity index (χ2n) is 7.35. The van der Waals surface area contributed by atoms with Gasteiger partial charge in [0, 0.05) is 12.6 Å². The first-order chi connectivity index (χ1) is 14.5. The molecule has 4 unspecified atom stereocenters. The van der Waals surface area contributed by atoms with Crippen LogP contribution in [0, 0.1) is 11.8 Å². The highest BCUT2D eigenvalue weighted by Crippen LogP contribution is 2.44. The zero-order valence-electron chi connectivity index (χ0n) is 16.4. The average molecular weight is 406 g/mol. The van der Waals surface area contributed by atoms with Crippen molar-refractivity contribution in [3.63, 3.8) is 0 Å². The highest BCUT2D eigenvalue weighted by atomic mass is 16.5. The lowest BCUT2D eigenvalue weighted by molar-refractivity contribution is -0.145. The number of allylic oxidation sites excluding steroid dienone is 1. The zero-order valence-corrected chi connectivity index (χ0v) is 16.4. The van der Waals surface area contributed by atoms with E-state index in [4.69, 9.17) is 4.74 Å². The van der Waals surface area contributed by atoms with Crippen LogP contribution in [0.15, 0.2) is 66.7 Å². The van der Waals surface area contributed by atoms with Crippen LogP contribution in [0.3, 0.4) is 0 Å². The van der Waals surface area contributed by atoms with Crippen LogP contribution < -0.4 is 10.1 Å². The van der Waals surface area contributed by atoms with Crippen molar-refractivity contribution in [1.29, 1.82) is 0 Å². The van der Waals surface area contributed by atoms with Crippen molar-refractivity contribution >= 4 is 17.8 Å². The van der Waals surface area contributed by atoms with Crippen LogP contribution in [0.1, 0.15) is 18.5 Å². The van der Waals surface area contributed by atoms with Gasteiger partial charge in [0.2, 0.25) is 11.8 Å². The SMILES string of the molecule is C/C=C/CN1C(=O)C2C(C(=O)O)NC(c3ccc(Oc4ccccc4)cc3)C2C1=O. The number of para-hydroxylation sites is 1. The molecule has 154 valence electrons. The summed E-state index contributed by atoms with van der Waals surface area (Å²) in [5.41, 5.74) is 0.739.